The van der Waals surface area contributed by atoms with E-state index in [2.05, 4.69) is 0 Å². The smallest absolute Gasteiger partial charge is 0.327 e. The molecule has 4 heteroatoms. The van der Waals surface area contributed by atoms with Gasteiger partial charge in [0.25, 0.3) is 0 Å². The van der Waals surface area contributed by atoms with E-state index in [1.165, 1.54) is 4.90 Å². The number of carbonyl (C=O) groups is 2. The average Bonchev–Trinajstić information content (AvgIpc) is 2.24. The Morgan fingerprint density at radius 1 is 1.21 bits per heavy atom. The van der Waals surface area contributed by atoms with Crippen molar-refractivity contribution in [3.05, 3.63) is 28.8 Å². The fourth-order valence-corrected chi connectivity index (χ4v) is 2.56. The van der Waals surface area contributed by atoms with E-state index in [9.17, 15) is 14.7 Å². The highest BCUT2D eigenvalue weighted by Gasteiger charge is 2.30. The number of anilines is 1. The number of benzene rings is 1. The molecular weight excluding hydrogens is 242 g/mol. The second-order valence-electron chi connectivity index (χ2n) is 5.29. The molecule has 1 unspecified atom stereocenters. The third-order valence-corrected chi connectivity index (χ3v) is 3.19. The molecule has 19 heavy (non-hydrogen) atoms. The van der Waals surface area contributed by atoms with Crippen LogP contribution in [0.2, 0.25) is 0 Å². The number of carboxylic acids is 1. The van der Waals surface area contributed by atoms with Gasteiger partial charge in [0.1, 0.15) is 6.04 Å². The van der Waals surface area contributed by atoms with Gasteiger partial charge in [0.05, 0.1) is 5.69 Å². The van der Waals surface area contributed by atoms with Crippen molar-refractivity contribution in [1.29, 1.82) is 0 Å². The molecule has 0 saturated heterocycles. The van der Waals surface area contributed by atoms with E-state index >= 15 is 0 Å². The van der Waals surface area contributed by atoms with Crippen LogP contribution in [0.5, 0.6) is 0 Å². The lowest BCUT2D eigenvalue weighted by molar-refractivity contribution is -0.140. The largest absolute Gasteiger partial charge is 0.480 e. The van der Waals surface area contributed by atoms with Gasteiger partial charge < -0.3 is 5.11 Å². The second-order valence-corrected chi connectivity index (χ2v) is 5.29. The maximum atomic E-state index is 11.4. The molecule has 1 atom stereocenters. The number of aryl methyl sites for hydroxylation is 3. The van der Waals surface area contributed by atoms with Crippen LogP contribution in [0.3, 0.4) is 0 Å². The Kier molecular flexibility index (Phi) is 4.70. The summed E-state index contributed by atoms with van der Waals surface area (Å²) >= 11 is 0. The van der Waals surface area contributed by atoms with Gasteiger partial charge >= 0.3 is 5.97 Å². The first-order chi connectivity index (χ1) is 8.79. The van der Waals surface area contributed by atoms with E-state index in [0.717, 1.165) is 16.7 Å². The first kappa shape index (κ1) is 15.2. The number of hydrogen-bond acceptors (Lipinski definition) is 2. The summed E-state index contributed by atoms with van der Waals surface area (Å²) in [6, 6.07) is 3.06. The van der Waals surface area contributed by atoms with Gasteiger partial charge in [0.2, 0.25) is 6.41 Å². The number of amides is 1. The maximum absolute atomic E-state index is 11.4. The monoisotopic (exact) mass is 263 g/mol. The topological polar surface area (TPSA) is 57.6 Å². The van der Waals surface area contributed by atoms with Crippen LogP contribution in [0.15, 0.2) is 12.1 Å². The molecule has 0 bridgehead atoms. The molecule has 104 valence electrons. The SMILES string of the molecule is Cc1cc(C)c(N(C=O)C(C(=O)O)C(C)C)c(C)c1. The van der Waals surface area contributed by atoms with Crippen molar-refractivity contribution in [3.63, 3.8) is 0 Å². The second kappa shape index (κ2) is 5.87. The standard InChI is InChI=1S/C15H21NO3/c1-9(2)13(15(18)19)16(8-17)14-11(4)6-10(3)7-12(14)5/h6-9,13H,1-5H3,(H,18,19). The van der Waals surface area contributed by atoms with Crippen LogP contribution in [-0.2, 0) is 9.59 Å². The maximum Gasteiger partial charge on any atom is 0.327 e. The Morgan fingerprint density at radius 3 is 2.00 bits per heavy atom. The predicted octanol–water partition coefficient (Wildman–Crippen LogP) is 2.68. The van der Waals surface area contributed by atoms with E-state index < -0.39 is 12.0 Å². The Balaban J connectivity index is 3.38. The zero-order valence-electron chi connectivity index (χ0n) is 12.1. The van der Waals surface area contributed by atoms with E-state index in [0.29, 0.717) is 12.1 Å². The van der Waals surface area contributed by atoms with Crippen molar-refractivity contribution in [1.82, 2.24) is 0 Å². The molecular formula is C15H21NO3. The van der Waals surface area contributed by atoms with Crippen LogP contribution in [0.25, 0.3) is 0 Å². The van der Waals surface area contributed by atoms with Crippen molar-refractivity contribution in [2.24, 2.45) is 5.92 Å². The molecule has 0 fully saturated rings. The molecule has 0 aliphatic rings. The van der Waals surface area contributed by atoms with Crippen LogP contribution < -0.4 is 4.90 Å². The highest BCUT2D eigenvalue weighted by molar-refractivity contribution is 5.90. The zero-order valence-corrected chi connectivity index (χ0v) is 12.1. The van der Waals surface area contributed by atoms with Gasteiger partial charge in [-0.1, -0.05) is 31.5 Å². The van der Waals surface area contributed by atoms with Crippen molar-refractivity contribution in [2.45, 2.75) is 40.7 Å². The minimum atomic E-state index is -0.985. The van der Waals surface area contributed by atoms with Crippen LogP contribution >= 0.6 is 0 Å². The molecule has 0 aromatic heterocycles. The van der Waals surface area contributed by atoms with E-state index in [1.807, 2.05) is 32.9 Å². The summed E-state index contributed by atoms with van der Waals surface area (Å²) in [4.78, 5) is 24.1. The van der Waals surface area contributed by atoms with Gasteiger partial charge in [-0.05, 0) is 37.8 Å². The molecule has 0 aliphatic carbocycles. The summed E-state index contributed by atoms with van der Waals surface area (Å²) in [5, 5.41) is 9.34. The van der Waals surface area contributed by atoms with Crippen molar-refractivity contribution in [2.75, 3.05) is 4.90 Å². The van der Waals surface area contributed by atoms with Crippen LogP contribution in [-0.4, -0.2) is 23.5 Å². The molecule has 1 N–H and O–H groups in total. The molecule has 0 saturated carbocycles. The third-order valence-electron chi connectivity index (χ3n) is 3.19. The Hall–Kier alpha value is -1.84. The Morgan fingerprint density at radius 2 is 1.68 bits per heavy atom. The van der Waals surface area contributed by atoms with Gasteiger partial charge in [-0.25, -0.2) is 4.79 Å². The number of rotatable bonds is 5. The van der Waals surface area contributed by atoms with Crippen LogP contribution in [0.4, 0.5) is 5.69 Å². The molecule has 1 rings (SSSR count). The number of nitrogens with zero attached hydrogens (tertiary/aromatic N) is 1. The fraction of sp³-hybridized carbons (Fsp3) is 0.467. The molecule has 4 nitrogen and oxygen atoms in total. The molecule has 0 radical (unpaired) electrons. The molecule has 1 aromatic carbocycles. The highest BCUT2D eigenvalue weighted by Crippen LogP contribution is 2.28. The zero-order chi connectivity index (χ0) is 14.7. The molecule has 1 aromatic rings. The number of aliphatic carboxylic acids is 1. The lowest BCUT2D eigenvalue weighted by Gasteiger charge is -2.30. The summed E-state index contributed by atoms with van der Waals surface area (Å²) in [6.45, 7) is 9.37. The fourth-order valence-electron chi connectivity index (χ4n) is 2.56. The van der Waals surface area contributed by atoms with Gasteiger partial charge in [-0.3, -0.25) is 9.69 Å². The third kappa shape index (κ3) is 3.13. The summed E-state index contributed by atoms with van der Waals surface area (Å²) < 4.78 is 0. The lowest BCUT2D eigenvalue weighted by Crippen LogP contribution is -2.44. The van der Waals surface area contributed by atoms with E-state index in [-0.39, 0.29) is 5.92 Å². The van der Waals surface area contributed by atoms with Gasteiger partial charge in [0, 0.05) is 0 Å². The molecule has 0 heterocycles. The number of carboxylic acid groups (broad SMARTS) is 1. The summed E-state index contributed by atoms with van der Waals surface area (Å²) in [5.74, 6) is -1.15. The summed E-state index contributed by atoms with van der Waals surface area (Å²) in [7, 11) is 0. The van der Waals surface area contributed by atoms with E-state index in [4.69, 9.17) is 0 Å². The Labute approximate surface area is 114 Å². The minimum absolute atomic E-state index is 0.164. The first-order valence-corrected chi connectivity index (χ1v) is 6.33. The van der Waals surface area contributed by atoms with Crippen molar-refractivity contribution in [3.8, 4) is 0 Å². The Bertz CT molecular complexity index is 471. The molecule has 1 amide bonds. The van der Waals surface area contributed by atoms with Crippen molar-refractivity contribution >= 4 is 18.1 Å². The minimum Gasteiger partial charge on any atom is -0.480 e. The highest BCUT2D eigenvalue weighted by atomic mass is 16.4. The van der Waals surface area contributed by atoms with Gasteiger partial charge in [0.15, 0.2) is 0 Å². The van der Waals surface area contributed by atoms with E-state index in [1.54, 1.807) is 13.8 Å². The molecule has 0 spiro atoms. The lowest BCUT2D eigenvalue weighted by atomic mass is 9.98. The number of carbonyl (C=O) groups excluding carboxylic acids is 1. The van der Waals surface area contributed by atoms with Crippen LogP contribution in [0.1, 0.15) is 30.5 Å². The predicted molar refractivity (Wildman–Crippen MR) is 75.5 cm³/mol. The van der Waals surface area contributed by atoms with Crippen LogP contribution in [0, 0.1) is 26.7 Å². The average molecular weight is 263 g/mol. The van der Waals surface area contributed by atoms with Gasteiger partial charge in [-0.15, -0.1) is 0 Å². The van der Waals surface area contributed by atoms with Gasteiger partial charge in [-0.2, -0.15) is 0 Å². The summed E-state index contributed by atoms with van der Waals surface area (Å²) in [5.41, 5.74) is 3.62. The quantitative estimate of drug-likeness (QED) is 0.831. The normalized spacial score (nSPS) is 12.3. The van der Waals surface area contributed by atoms with Crippen molar-refractivity contribution < 1.29 is 14.7 Å². The number of hydrogen-bond donors (Lipinski definition) is 1. The first-order valence-electron chi connectivity index (χ1n) is 6.33. The summed E-state index contributed by atoms with van der Waals surface area (Å²) in [6.07, 6.45) is 0.615. The molecule has 0 aliphatic heterocycles.